The topological polar surface area (TPSA) is 48.5 Å². The largest absolute Gasteiger partial charge is 0.368 e. The van der Waals surface area contributed by atoms with Crippen molar-refractivity contribution in [3.63, 3.8) is 0 Å². The van der Waals surface area contributed by atoms with Crippen molar-refractivity contribution in [2.75, 3.05) is 36.0 Å². The molecule has 1 atom stereocenters. The Kier molecular flexibility index (Phi) is 6.85. The Morgan fingerprint density at radius 3 is 2.50 bits per heavy atom. The normalized spacial score (nSPS) is 15.1. The van der Waals surface area contributed by atoms with Gasteiger partial charge in [0.15, 0.2) is 0 Å². The zero-order valence-electron chi connectivity index (χ0n) is 18.7. The lowest BCUT2D eigenvalue weighted by molar-refractivity contribution is -0.117. The second-order valence-electron chi connectivity index (χ2n) is 8.23. The molecule has 2 heterocycles. The van der Waals surface area contributed by atoms with Crippen LogP contribution < -0.4 is 15.1 Å². The molecule has 1 amide bonds. The third kappa shape index (κ3) is 5.55. The predicted molar refractivity (Wildman–Crippen MR) is 132 cm³/mol. The molecular formula is C27H30N4O. The summed E-state index contributed by atoms with van der Waals surface area (Å²) < 4.78 is 0. The Balaban J connectivity index is 1.34. The second kappa shape index (κ2) is 10.1. The third-order valence-electron chi connectivity index (χ3n) is 5.82. The first-order valence-electron chi connectivity index (χ1n) is 11.1. The monoisotopic (exact) mass is 426 g/mol. The van der Waals surface area contributed by atoms with Gasteiger partial charge in [0, 0.05) is 44.1 Å². The highest BCUT2D eigenvalue weighted by molar-refractivity contribution is 5.92. The van der Waals surface area contributed by atoms with Gasteiger partial charge in [0.2, 0.25) is 5.91 Å². The van der Waals surface area contributed by atoms with E-state index in [-0.39, 0.29) is 11.9 Å². The summed E-state index contributed by atoms with van der Waals surface area (Å²) in [7, 11) is 0. The van der Waals surface area contributed by atoms with Crippen LogP contribution in [0, 0.1) is 6.92 Å². The maximum absolute atomic E-state index is 12.4. The van der Waals surface area contributed by atoms with Crippen molar-refractivity contribution in [3.05, 3.63) is 95.7 Å². The Bertz CT molecular complexity index is 1070. The number of pyridine rings is 1. The summed E-state index contributed by atoms with van der Waals surface area (Å²) in [5, 5.41) is 3.08. The maximum Gasteiger partial charge on any atom is 0.244 e. The number of nitrogens with one attached hydrogen (secondary N) is 1. The van der Waals surface area contributed by atoms with Gasteiger partial charge in [0.05, 0.1) is 6.04 Å². The Morgan fingerprint density at radius 1 is 0.969 bits per heavy atom. The highest BCUT2D eigenvalue weighted by atomic mass is 16.1. The zero-order chi connectivity index (χ0) is 22.3. The van der Waals surface area contributed by atoms with Crippen LogP contribution in [0.1, 0.15) is 29.7 Å². The minimum Gasteiger partial charge on any atom is -0.368 e. The van der Waals surface area contributed by atoms with E-state index in [9.17, 15) is 4.79 Å². The molecule has 0 spiro atoms. The van der Waals surface area contributed by atoms with E-state index in [1.54, 1.807) is 6.08 Å². The van der Waals surface area contributed by atoms with E-state index < -0.39 is 0 Å². The molecule has 1 fully saturated rings. The lowest BCUT2D eigenvalue weighted by Gasteiger charge is -2.37. The number of carbonyl (C=O) groups excluding carboxylic acids is 1. The summed E-state index contributed by atoms with van der Waals surface area (Å²) in [5.74, 6) is 0.948. The number of piperazine rings is 1. The molecule has 0 bridgehead atoms. The average Bonchev–Trinajstić information content (AvgIpc) is 2.83. The van der Waals surface area contributed by atoms with Crippen LogP contribution in [-0.2, 0) is 4.79 Å². The number of rotatable bonds is 6. The molecule has 32 heavy (non-hydrogen) atoms. The summed E-state index contributed by atoms with van der Waals surface area (Å²) in [6.45, 7) is 7.84. The number of aryl methyl sites for hydroxylation is 1. The lowest BCUT2D eigenvalue weighted by Crippen LogP contribution is -2.46. The highest BCUT2D eigenvalue weighted by Crippen LogP contribution is 2.23. The summed E-state index contributed by atoms with van der Waals surface area (Å²) in [4.78, 5) is 21.6. The van der Waals surface area contributed by atoms with E-state index in [2.05, 4.69) is 56.5 Å². The first kappa shape index (κ1) is 21.6. The molecule has 0 radical (unpaired) electrons. The third-order valence-corrected chi connectivity index (χ3v) is 5.82. The Morgan fingerprint density at radius 2 is 1.75 bits per heavy atom. The SMILES string of the molecule is Cc1cccc(/C=C\C(=O)N[C@@H](C)c2cccc(N3CCN(c4ccccn4)CC3)c2)c1. The molecule has 1 aliphatic heterocycles. The van der Waals surface area contributed by atoms with E-state index >= 15 is 0 Å². The summed E-state index contributed by atoms with van der Waals surface area (Å²) in [6.07, 6.45) is 5.30. The molecule has 5 heteroatoms. The van der Waals surface area contributed by atoms with E-state index in [0.717, 1.165) is 43.1 Å². The van der Waals surface area contributed by atoms with Gasteiger partial charge >= 0.3 is 0 Å². The molecule has 4 rings (SSSR count). The summed E-state index contributed by atoms with van der Waals surface area (Å²) in [6, 6.07) is 22.5. The summed E-state index contributed by atoms with van der Waals surface area (Å²) in [5.41, 5.74) is 4.50. The number of aromatic nitrogens is 1. The molecule has 5 nitrogen and oxygen atoms in total. The van der Waals surface area contributed by atoms with E-state index in [4.69, 9.17) is 0 Å². The number of benzene rings is 2. The van der Waals surface area contributed by atoms with Gasteiger partial charge in [0.25, 0.3) is 0 Å². The van der Waals surface area contributed by atoms with E-state index in [1.165, 1.54) is 11.3 Å². The molecule has 1 aromatic heterocycles. The highest BCUT2D eigenvalue weighted by Gasteiger charge is 2.19. The number of hydrogen-bond acceptors (Lipinski definition) is 4. The van der Waals surface area contributed by atoms with Crippen molar-refractivity contribution >= 4 is 23.5 Å². The zero-order valence-corrected chi connectivity index (χ0v) is 18.7. The van der Waals surface area contributed by atoms with Crippen molar-refractivity contribution in [2.45, 2.75) is 19.9 Å². The van der Waals surface area contributed by atoms with Crippen LogP contribution in [0.3, 0.4) is 0 Å². The number of nitrogens with zero attached hydrogens (tertiary/aromatic N) is 3. The van der Waals surface area contributed by atoms with Crippen LogP contribution in [0.25, 0.3) is 6.08 Å². The van der Waals surface area contributed by atoms with Gasteiger partial charge in [-0.05, 0) is 55.3 Å². The number of anilines is 2. The van der Waals surface area contributed by atoms with Crippen molar-refractivity contribution in [2.24, 2.45) is 0 Å². The minimum atomic E-state index is -0.0895. The minimum absolute atomic E-state index is 0.0700. The van der Waals surface area contributed by atoms with Crippen LogP contribution in [-0.4, -0.2) is 37.1 Å². The van der Waals surface area contributed by atoms with Gasteiger partial charge in [-0.3, -0.25) is 4.79 Å². The average molecular weight is 427 g/mol. The number of hydrogen-bond donors (Lipinski definition) is 1. The molecular weight excluding hydrogens is 396 g/mol. The van der Waals surface area contributed by atoms with Crippen molar-refractivity contribution in [3.8, 4) is 0 Å². The molecule has 0 unspecified atom stereocenters. The van der Waals surface area contributed by atoms with Crippen LogP contribution in [0.2, 0.25) is 0 Å². The molecule has 164 valence electrons. The molecule has 0 aliphatic carbocycles. The quantitative estimate of drug-likeness (QED) is 0.585. The van der Waals surface area contributed by atoms with Crippen LogP contribution >= 0.6 is 0 Å². The predicted octanol–water partition coefficient (Wildman–Crippen LogP) is 4.61. The fraction of sp³-hybridized carbons (Fsp3) is 0.259. The first-order chi connectivity index (χ1) is 15.6. The van der Waals surface area contributed by atoms with Gasteiger partial charge in [-0.2, -0.15) is 0 Å². The molecule has 2 aromatic carbocycles. The molecule has 0 saturated carbocycles. The van der Waals surface area contributed by atoms with E-state index in [1.807, 2.05) is 56.5 Å². The fourth-order valence-electron chi connectivity index (χ4n) is 4.02. The molecule has 1 aliphatic rings. The van der Waals surface area contributed by atoms with Crippen molar-refractivity contribution in [1.82, 2.24) is 10.3 Å². The van der Waals surface area contributed by atoms with Crippen LogP contribution in [0.5, 0.6) is 0 Å². The smallest absolute Gasteiger partial charge is 0.244 e. The Hall–Kier alpha value is -3.60. The maximum atomic E-state index is 12.4. The van der Waals surface area contributed by atoms with Gasteiger partial charge in [-0.15, -0.1) is 0 Å². The first-order valence-corrected chi connectivity index (χ1v) is 11.1. The molecule has 3 aromatic rings. The Labute approximate surface area is 190 Å². The van der Waals surface area contributed by atoms with Crippen LogP contribution in [0.4, 0.5) is 11.5 Å². The van der Waals surface area contributed by atoms with Crippen molar-refractivity contribution < 1.29 is 4.79 Å². The van der Waals surface area contributed by atoms with Gasteiger partial charge in [0.1, 0.15) is 5.82 Å². The summed E-state index contributed by atoms with van der Waals surface area (Å²) >= 11 is 0. The molecule has 1 saturated heterocycles. The number of amides is 1. The van der Waals surface area contributed by atoms with Gasteiger partial charge in [-0.25, -0.2) is 4.98 Å². The van der Waals surface area contributed by atoms with Gasteiger partial charge in [-0.1, -0.05) is 48.0 Å². The standard InChI is InChI=1S/C27H30N4O/c1-21-7-5-8-23(19-21)12-13-27(32)29-22(2)24-9-6-10-25(20-24)30-15-17-31(18-16-30)26-11-3-4-14-28-26/h3-14,19-20,22H,15-18H2,1-2H3,(H,29,32)/b13-12-/t22-/m0/s1. The lowest BCUT2D eigenvalue weighted by atomic mass is 10.1. The van der Waals surface area contributed by atoms with Crippen LogP contribution in [0.15, 0.2) is 79.0 Å². The number of carbonyl (C=O) groups is 1. The fourth-order valence-corrected chi connectivity index (χ4v) is 4.02. The molecule has 1 N–H and O–H groups in total. The van der Waals surface area contributed by atoms with Gasteiger partial charge < -0.3 is 15.1 Å². The van der Waals surface area contributed by atoms with E-state index in [0.29, 0.717) is 0 Å². The second-order valence-corrected chi connectivity index (χ2v) is 8.23. The van der Waals surface area contributed by atoms with Crippen molar-refractivity contribution in [1.29, 1.82) is 0 Å².